The van der Waals surface area contributed by atoms with Gasteiger partial charge in [-0.1, -0.05) is 34.6 Å². The van der Waals surface area contributed by atoms with E-state index in [0.29, 0.717) is 64.7 Å². The van der Waals surface area contributed by atoms with Gasteiger partial charge in [-0.3, -0.25) is 24.0 Å². The second kappa shape index (κ2) is 21.1. The summed E-state index contributed by atoms with van der Waals surface area (Å²) in [5.41, 5.74) is 3.42. The van der Waals surface area contributed by atoms with Gasteiger partial charge in [0.2, 0.25) is 0 Å². The van der Waals surface area contributed by atoms with Crippen molar-refractivity contribution < 1.29 is 40.8 Å². The van der Waals surface area contributed by atoms with Crippen LogP contribution in [0.1, 0.15) is 118 Å². The standard InChI is InChI=1S/C49H48F6I2N10O3S2/c1-27-17-43(48(50,51)52)60-66(27)23-39(64-13-9-29(10-14-64)46-58-37(25-71-46)35-21-41(69-62-35)31-5-3-7-33(56)19-31)45(68)40(24-67-28(2)18-44(61-67)49(53,54)55)65-15-11-30(12-16-65)47-59-38(26-72-47)36-22-42(70-63-36)32-6-4-8-34(57)20-32/h3-8,17-20,25-26,29-30,39-42H,9-16,21-24H2,1-2H3. The SMILES string of the molecule is Cc1cc(C(F)(F)F)nn1CC(C(=O)C(Cn1nc(C(F)(F)F)cc1C)N1CCC(c2nc(C3=NOC(c4cccc(I)c4)C3)cs2)CC1)N1CCC(c2nc(C3=NOC(c4cccc(I)c4)C3)cs2)CC1. The van der Waals surface area contributed by atoms with Crippen LogP contribution >= 0.6 is 67.9 Å². The molecule has 10 rings (SSSR count). The summed E-state index contributed by atoms with van der Waals surface area (Å²) in [7, 11) is 0. The van der Waals surface area contributed by atoms with Crippen LogP contribution < -0.4 is 0 Å². The number of ketones is 1. The predicted octanol–water partition coefficient (Wildman–Crippen LogP) is 11.4. The van der Waals surface area contributed by atoms with Crippen molar-refractivity contribution in [2.45, 2.75) is 114 Å². The summed E-state index contributed by atoms with van der Waals surface area (Å²) in [4.78, 5) is 41.1. The van der Waals surface area contributed by atoms with Crippen LogP contribution in [0.3, 0.4) is 0 Å². The first kappa shape index (κ1) is 51.2. The molecule has 0 amide bonds. The lowest BCUT2D eigenvalue weighted by molar-refractivity contribution is -0.142. The molecule has 2 fully saturated rings. The number of hydrogen-bond donors (Lipinski definition) is 0. The van der Waals surface area contributed by atoms with Crippen molar-refractivity contribution in [3.63, 3.8) is 0 Å². The van der Waals surface area contributed by atoms with Crippen molar-refractivity contribution in [2.24, 2.45) is 10.3 Å². The highest BCUT2D eigenvalue weighted by Crippen LogP contribution is 2.38. The molecule has 2 aromatic carbocycles. The number of piperidine rings is 2. The Labute approximate surface area is 446 Å². The van der Waals surface area contributed by atoms with Crippen molar-refractivity contribution in [2.75, 3.05) is 26.2 Å². The van der Waals surface area contributed by atoms with E-state index in [4.69, 9.17) is 19.6 Å². The minimum absolute atomic E-state index is 0.0460. The molecule has 13 nitrogen and oxygen atoms in total. The van der Waals surface area contributed by atoms with Crippen LogP contribution in [0.25, 0.3) is 0 Å². The normalized spacial score (nSPS) is 20.6. The average molecular weight is 1260 g/mol. The lowest BCUT2D eigenvalue weighted by Gasteiger charge is -2.41. The van der Waals surface area contributed by atoms with Gasteiger partial charge in [0.15, 0.2) is 29.4 Å². The monoisotopic (exact) mass is 1260 g/mol. The fourth-order valence-corrected chi connectivity index (χ4v) is 13.1. The van der Waals surface area contributed by atoms with Crippen LogP contribution in [0.4, 0.5) is 26.3 Å². The number of aryl methyl sites for hydroxylation is 2. The number of halogens is 8. The molecule has 0 radical (unpaired) electrons. The quantitative estimate of drug-likeness (QED) is 0.0773. The van der Waals surface area contributed by atoms with E-state index >= 15 is 4.79 Å². The van der Waals surface area contributed by atoms with Crippen LogP contribution in [0.15, 0.2) is 81.7 Å². The van der Waals surface area contributed by atoms with Crippen LogP contribution in [-0.2, 0) is 39.9 Å². The molecule has 0 N–H and O–H groups in total. The molecular weight excluding hydrogens is 1210 g/mol. The van der Waals surface area contributed by atoms with Crippen LogP contribution in [-0.4, -0.2) is 94.8 Å². The first-order valence-electron chi connectivity index (χ1n) is 23.6. The first-order valence-corrected chi connectivity index (χ1v) is 27.5. The van der Waals surface area contributed by atoms with Crippen LogP contribution in [0.5, 0.6) is 0 Å². The van der Waals surface area contributed by atoms with E-state index in [1.165, 1.54) is 45.9 Å². The summed E-state index contributed by atoms with van der Waals surface area (Å²) < 4.78 is 88.8. The molecule has 4 aromatic heterocycles. The van der Waals surface area contributed by atoms with Gasteiger partial charge in [-0.2, -0.15) is 36.5 Å². The molecule has 4 aliphatic heterocycles. The summed E-state index contributed by atoms with van der Waals surface area (Å²) in [5.74, 6) is -0.231. The van der Waals surface area contributed by atoms with Crippen molar-refractivity contribution in [3.8, 4) is 0 Å². The summed E-state index contributed by atoms with van der Waals surface area (Å²) in [6.45, 7) is 4.34. The topological polar surface area (TPSA) is 128 Å². The fourth-order valence-electron chi connectivity index (χ4n) is 9.95. The highest BCUT2D eigenvalue weighted by molar-refractivity contribution is 14.1. The zero-order valence-corrected chi connectivity index (χ0v) is 44.9. The van der Waals surface area contributed by atoms with E-state index in [0.717, 1.165) is 63.2 Å². The molecule has 4 unspecified atom stereocenters. The third-order valence-corrected chi connectivity index (χ3v) is 17.3. The molecule has 0 spiro atoms. The Morgan fingerprint density at radius 2 is 1.06 bits per heavy atom. The van der Waals surface area contributed by atoms with Gasteiger partial charge in [0, 0.05) is 54.0 Å². The zero-order chi connectivity index (χ0) is 50.5. The molecular formula is C49H48F6I2N10O3S2. The Kier molecular flexibility index (Phi) is 15.0. The largest absolute Gasteiger partial charge is 0.435 e. The molecule has 6 aromatic rings. The number of Topliss-reactive ketones (excluding diaryl/α,β-unsaturated/α-hetero) is 1. The van der Waals surface area contributed by atoms with Gasteiger partial charge in [0.1, 0.15) is 11.4 Å². The van der Waals surface area contributed by atoms with Gasteiger partial charge in [0.25, 0.3) is 0 Å². The number of benzene rings is 2. The average Bonchev–Trinajstić information content (AvgIpc) is 4.22. The number of nitrogens with zero attached hydrogens (tertiary/aromatic N) is 10. The van der Waals surface area contributed by atoms with Gasteiger partial charge < -0.3 is 9.68 Å². The van der Waals surface area contributed by atoms with E-state index in [2.05, 4.69) is 77.8 Å². The fraction of sp³-hybridized carbons (Fsp3) is 0.449. The molecule has 4 aliphatic rings. The van der Waals surface area contributed by atoms with Crippen molar-refractivity contribution >= 4 is 85.1 Å². The highest BCUT2D eigenvalue weighted by atomic mass is 127. The molecule has 0 saturated carbocycles. The number of alkyl halides is 6. The summed E-state index contributed by atoms with van der Waals surface area (Å²) in [5, 5.41) is 22.4. The Hall–Kier alpha value is -4.31. The molecule has 0 aliphatic carbocycles. The number of likely N-dealkylation sites (tertiary alicyclic amines) is 2. The minimum Gasteiger partial charge on any atom is -0.387 e. The van der Waals surface area contributed by atoms with Crippen LogP contribution in [0, 0.1) is 21.0 Å². The summed E-state index contributed by atoms with van der Waals surface area (Å²) >= 11 is 7.61. The number of rotatable bonds is 14. The van der Waals surface area contributed by atoms with E-state index in [1.54, 1.807) is 0 Å². The van der Waals surface area contributed by atoms with Gasteiger partial charge in [-0.25, -0.2) is 9.97 Å². The lowest BCUT2D eigenvalue weighted by Crippen LogP contribution is -2.57. The van der Waals surface area contributed by atoms with E-state index in [1.807, 2.05) is 57.0 Å². The number of thiazole rings is 2. The smallest absolute Gasteiger partial charge is 0.387 e. The molecule has 4 atom stereocenters. The molecule has 0 bridgehead atoms. The van der Waals surface area contributed by atoms with Crippen LogP contribution in [0.2, 0.25) is 0 Å². The molecule has 72 heavy (non-hydrogen) atoms. The van der Waals surface area contributed by atoms with Crippen molar-refractivity contribution in [1.82, 2.24) is 39.3 Å². The number of carbonyl (C=O) groups is 1. The molecule has 380 valence electrons. The molecule has 23 heteroatoms. The maximum Gasteiger partial charge on any atom is 0.435 e. The second-order valence-corrected chi connectivity index (χ2v) is 23.0. The van der Waals surface area contributed by atoms with E-state index in [9.17, 15) is 26.3 Å². The Morgan fingerprint density at radius 1 is 0.653 bits per heavy atom. The third-order valence-electron chi connectivity index (χ3n) is 13.9. The predicted molar refractivity (Wildman–Crippen MR) is 276 cm³/mol. The second-order valence-electron chi connectivity index (χ2n) is 18.7. The van der Waals surface area contributed by atoms with E-state index < -0.39 is 35.8 Å². The zero-order valence-electron chi connectivity index (χ0n) is 38.9. The third kappa shape index (κ3) is 11.3. The number of aromatic nitrogens is 6. The van der Waals surface area contributed by atoms with Gasteiger partial charge >= 0.3 is 12.4 Å². The van der Waals surface area contributed by atoms with E-state index in [-0.39, 0.29) is 54.3 Å². The van der Waals surface area contributed by atoms with Crippen molar-refractivity contribution in [3.05, 3.63) is 134 Å². The number of hydrogen-bond acceptors (Lipinski definition) is 13. The highest BCUT2D eigenvalue weighted by Gasteiger charge is 2.42. The molecule has 2 saturated heterocycles. The number of carbonyl (C=O) groups excluding carboxylic acids is 1. The first-order chi connectivity index (χ1) is 34.4. The minimum atomic E-state index is -4.71. The molecule has 8 heterocycles. The summed E-state index contributed by atoms with van der Waals surface area (Å²) in [6, 6.07) is 16.2. The Bertz CT molecular complexity index is 2790. The lowest BCUT2D eigenvalue weighted by atomic mass is 9.91. The van der Waals surface area contributed by atoms with Gasteiger partial charge in [0.05, 0.1) is 46.6 Å². The summed E-state index contributed by atoms with van der Waals surface area (Å²) in [6.07, 6.45) is -6.23. The number of oxime groups is 2. The van der Waals surface area contributed by atoms with Gasteiger partial charge in [-0.15, -0.1) is 22.7 Å². The van der Waals surface area contributed by atoms with Crippen molar-refractivity contribution in [1.29, 1.82) is 0 Å². The van der Waals surface area contributed by atoms with Gasteiger partial charge in [-0.05, 0) is 158 Å². The maximum atomic E-state index is 15.5. The Balaban J connectivity index is 0.873. The maximum absolute atomic E-state index is 15.5. The Morgan fingerprint density at radius 3 is 1.42 bits per heavy atom.